The second-order valence-corrected chi connectivity index (χ2v) is 8.49. The van der Waals surface area contributed by atoms with Gasteiger partial charge in [-0.1, -0.05) is 0 Å². The molecule has 0 spiro atoms. The average Bonchev–Trinajstić information content (AvgIpc) is 3.12. The van der Waals surface area contributed by atoms with Crippen LogP contribution in [-0.2, 0) is 21.2 Å². The minimum absolute atomic E-state index is 0.231. The number of nitrogens with zero attached hydrogens (tertiary/aromatic N) is 4. The molecule has 1 fully saturated rings. The van der Waals surface area contributed by atoms with Gasteiger partial charge in [0.15, 0.2) is 0 Å². The molecule has 0 bridgehead atoms. The van der Waals surface area contributed by atoms with Gasteiger partial charge in [-0.25, -0.2) is 13.4 Å². The monoisotopic (exact) mass is 388 g/mol. The van der Waals surface area contributed by atoms with Crippen LogP contribution in [0, 0.1) is 6.92 Å². The highest BCUT2D eigenvalue weighted by Crippen LogP contribution is 2.32. The summed E-state index contributed by atoms with van der Waals surface area (Å²) in [7, 11) is -3.55. The average molecular weight is 388 g/mol. The van der Waals surface area contributed by atoms with Crippen molar-refractivity contribution in [2.24, 2.45) is 0 Å². The Morgan fingerprint density at radius 3 is 2.59 bits per heavy atom. The maximum atomic E-state index is 12.8. The Balaban J connectivity index is 1.60. The van der Waals surface area contributed by atoms with Crippen LogP contribution in [0.15, 0.2) is 35.5 Å². The van der Waals surface area contributed by atoms with Crippen molar-refractivity contribution < 1.29 is 17.9 Å². The van der Waals surface area contributed by atoms with Crippen LogP contribution >= 0.6 is 0 Å². The van der Waals surface area contributed by atoms with Gasteiger partial charge in [0.25, 0.3) is 5.91 Å². The van der Waals surface area contributed by atoms with Gasteiger partial charge >= 0.3 is 0 Å². The number of aryl methyl sites for hydroxylation is 1. The molecule has 4 rings (SSSR count). The summed E-state index contributed by atoms with van der Waals surface area (Å²) in [5.41, 5.74) is 2.59. The van der Waals surface area contributed by atoms with Gasteiger partial charge in [0.1, 0.15) is 5.69 Å². The number of fused-ring (bicyclic) bond motifs is 1. The molecular weight excluding hydrogens is 368 g/mol. The van der Waals surface area contributed by atoms with Gasteiger partial charge in [0.05, 0.1) is 30.0 Å². The van der Waals surface area contributed by atoms with E-state index in [1.807, 2.05) is 6.92 Å². The third kappa shape index (κ3) is 3.33. The van der Waals surface area contributed by atoms with Crippen molar-refractivity contribution in [3.63, 3.8) is 0 Å². The lowest BCUT2D eigenvalue weighted by molar-refractivity contribution is 0.0730. The highest BCUT2D eigenvalue weighted by Gasteiger charge is 2.31. The Morgan fingerprint density at radius 1 is 1.11 bits per heavy atom. The van der Waals surface area contributed by atoms with Crippen LogP contribution in [0.1, 0.15) is 21.7 Å². The smallest absolute Gasteiger partial charge is 0.278 e. The predicted octanol–water partition coefficient (Wildman–Crippen LogP) is 1.01. The zero-order valence-electron chi connectivity index (χ0n) is 15.0. The van der Waals surface area contributed by atoms with Gasteiger partial charge in [0.2, 0.25) is 10.0 Å². The summed E-state index contributed by atoms with van der Waals surface area (Å²) in [6, 6.07) is 4.94. The van der Waals surface area contributed by atoms with Gasteiger partial charge in [-0.2, -0.15) is 4.31 Å². The summed E-state index contributed by atoms with van der Waals surface area (Å²) in [5.74, 6) is -0.231. The number of aromatic nitrogens is 2. The SMILES string of the molecule is Cc1cnc(C(=O)N2CCc3cc(S(=O)(=O)N4CCOCC4)ccc32)cn1. The van der Waals surface area contributed by atoms with Crippen molar-refractivity contribution in [1.82, 2.24) is 14.3 Å². The normalized spacial score (nSPS) is 17.7. The van der Waals surface area contributed by atoms with Crippen LogP contribution in [0.2, 0.25) is 0 Å². The Bertz CT molecular complexity index is 969. The summed E-state index contributed by atoms with van der Waals surface area (Å²) >= 11 is 0. The molecule has 3 heterocycles. The van der Waals surface area contributed by atoms with Crippen LogP contribution in [0.3, 0.4) is 0 Å². The van der Waals surface area contributed by atoms with E-state index in [1.165, 1.54) is 10.5 Å². The largest absolute Gasteiger partial charge is 0.379 e. The Kier molecular flexibility index (Phi) is 4.67. The third-order valence-corrected chi connectivity index (χ3v) is 6.69. The molecule has 1 aromatic carbocycles. The number of hydrogen-bond donors (Lipinski definition) is 0. The van der Waals surface area contributed by atoms with E-state index in [4.69, 9.17) is 4.74 Å². The van der Waals surface area contributed by atoms with E-state index in [-0.39, 0.29) is 16.5 Å². The molecule has 1 amide bonds. The number of benzene rings is 1. The minimum atomic E-state index is -3.55. The molecule has 2 aliphatic heterocycles. The molecule has 0 N–H and O–H groups in total. The molecule has 0 unspecified atom stereocenters. The van der Waals surface area contributed by atoms with Crippen molar-refractivity contribution in [3.8, 4) is 0 Å². The molecule has 8 nitrogen and oxygen atoms in total. The summed E-state index contributed by atoms with van der Waals surface area (Å²) in [6.45, 7) is 3.83. The highest BCUT2D eigenvalue weighted by atomic mass is 32.2. The van der Waals surface area contributed by atoms with Crippen molar-refractivity contribution in [3.05, 3.63) is 47.5 Å². The van der Waals surface area contributed by atoms with Crippen LogP contribution in [-0.4, -0.2) is 61.4 Å². The molecule has 0 saturated carbocycles. The molecular formula is C18H20N4O4S. The summed E-state index contributed by atoms with van der Waals surface area (Å²) < 4.78 is 32.3. The van der Waals surface area contributed by atoms with Gasteiger partial charge < -0.3 is 9.64 Å². The van der Waals surface area contributed by atoms with Crippen molar-refractivity contribution in [1.29, 1.82) is 0 Å². The molecule has 9 heteroatoms. The maximum Gasteiger partial charge on any atom is 0.278 e. The number of anilines is 1. The van der Waals surface area contributed by atoms with E-state index in [0.717, 1.165) is 16.9 Å². The molecule has 0 aliphatic carbocycles. The Hall–Kier alpha value is -2.36. The van der Waals surface area contributed by atoms with Gasteiger partial charge in [-0.15, -0.1) is 0 Å². The number of carbonyl (C=O) groups is 1. The van der Waals surface area contributed by atoms with E-state index < -0.39 is 10.0 Å². The first-order valence-electron chi connectivity index (χ1n) is 8.78. The van der Waals surface area contributed by atoms with Crippen molar-refractivity contribution in [2.45, 2.75) is 18.2 Å². The quantitative estimate of drug-likeness (QED) is 0.779. The molecule has 2 aromatic rings. The zero-order valence-corrected chi connectivity index (χ0v) is 15.8. The van der Waals surface area contributed by atoms with Crippen LogP contribution in [0.4, 0.5) is 5.69 Å². The lowest BCUT2D eigenvalue weighted by Gasteiger charge is -2.26. The summed E-state index contributed by atoms with van der Waals surface area (Å²) in [5, 5.41) is 0. The van der Waals surface area contributed by atoms with Crippen LogP contribution < -0.4 is 4.90 Å². The van der Waals surface area contributed by atoms with E-state index >= 15 is 0 Å². The number of hydrogen-bond acceptors (Lipinski definition) is 6. The van der Waals surface area contributed by atoms with E-state index in [1.54, 1.807) is 29.3 Å². The number of morpholine rings is 1. The third-order valence-electron chi connectivity index (χ3n) is 4.80. The molecule has 1 saturated heterocycles. The van der Waals surface area contributed by atoms with Crippen molar-refractivity contribution in [2.75, 3.05) is 37.7 Å². The van der Waals surface area contributed by atoms with Crippen LogP contribution in [0.5, 0.6) is 0 Å². The van der Waals surface area contributed by atoms with E-state index in [9.17, 15) is 13.2 Å². The molecule has 0 radical (unpaired) electrons. The fraction of sp³-hybridized carbons (Fsp3) is 0.389. The molecule has 0 atom stereocenters. The number of amides is 1. The number of ether oxygens (including phenoxy) is 1. The first-order chi connectivity index (χ1) is 13.0. The Morgan fingerprint density at radius 2 is 1.89 bits per heavy atom. The molecule has 1 aromatic heterocycles. The fourth-order valence-electron chi connectivity index (χ4n) is 3.33. The minimum Gasteiger partial charge on any atom is -0.379 e. The topological polar surface area (TPSA) is 92.7 Å². The maximum absolute atomic E-state index is 12.8. The fourth-order valence-corrected chi connectivity index (χ4v) is 4.79. The standard InChI is InChI=1S/C18H20N4O4S/c1-13-11-20-16(12-19-13)18(23)22-5-4-14-10-15(2-3-17(14)22)27(24,25)21-6-8-26-9-7-21/h2-3,10-12H,4-9H2,1H3. The number of sulfonamides is 1. The highest BCUT2D eigenvalue weighted by molar-refractivity contribution is 7.89. The Labute approximate surface area is 157 Å². The lowest BCUT2D eigenvalue weighted by atomic mass is 10.2. The molecule has 27 heavy (non-hydrogen) atoms. The van der Waals surface area contributed by atoms with E-state index in [0.29, 0.717) is 39.3 Å². The van der Waals surface area contributed by atoms with Gasteiger partial charge in [0, 0.05) is 31.5 Å². The van der Waals surface area contributed by atoms with Crippen molar-refractivity contribution >= 4 is 21.6 Å². The summed E-state index contributed by atoms with van der Waals surface area (Å²) in [4.78, 5) is 22.9. The second kappa shape index (κ2) is 6.99. The van der Waals surface area contributed by atoms with Crippen LogP contribution in [0.25, 0.3) is 0 Å². The number of rotatable bonds is 3. The lowest BCUT2D eigenvalue weighted by Crippen LogP contribution is -2.40. The first-order valence-corrected chi connectivity index (χ1v) is 10.2. The van der Waals surface area contributed by atoms with Gasteiger partial charge in [-0.05, 0) is 37.1 Å². The zero-order chi connectivity index (χ0) is 19.0. The van der Waals surface area contributed by atoms with Gasteiger partial charge in [-0.3, -0.25) is 9.78 Å². The molecule has 2 aliphatic rings. The second-order valence-electron chi connectivity index (χ2n) is 6.56. The molecule has 142 valence electrons. The summed E-state index contributed by atoms with van der Waals surface area (Å²) in [6.07, 6.45) is 3.63. The first kappa shape index (κ1) is 18.0. The predicted molar refractivity (Wildman–Crippen MR) is 98.2 cm³/mol. The van der Waals surface area contributed by atoms with E-state index in [2.05, 4.69) is 9.97 Å². The number of carbonyl (C=O) groups excluding carboxylic acids is 1.